The first-order chi connectivity index (χ1) is 13.7. The van der Waals surface area contributed by atoms with E-state index in [1.165, 1.54) is 32.1 Å². The van der Waals surface area contributed by atoms with Gasteiger partial charge in [-0.1, -0.05) is 44.9 Å². The van der Waals surface area contributed by atoms with Crippen molar-refractivity contribution in [2.24, 2.45) is 16.6 Å². The van der Waals surface area contributed by atoms with Gasteiger partial charge in [0, 0.05) is 31.0 Å². The van der Waals surface area contributed by atoms with Crippen LogP contribution < -0.4 is 16.5 Å². The van der Waals surface area contributed by atoms with Crippen LogP contribution in [0, 0.1) is 5.92 Å². The summed E-state index contributed by atoms with van der Waals surface area (Å²) in [6.45, 7) is 1.31. The molecule has 0 radical (unpaired) electrons. The second-order valence-electron chi connectivity index (χ2n) is 7.46. The number of nitrogens with one attached hydrogen (secondary N) is 2. The molecule has 0 atom stereocenters. The van der Waals surface area contributed by atoms with E-state index in [2.05, 4.69) is 20.8 Å². The second kappa shape index (κ2) is 13.9. The van der Waals surface area contributed by atoms with E-state index in [1.807, 2.05) is 12.1 Å². The van der Waals surface area contributed by atoms with Crippen molar-refractivity contribution in [3.8, 4) is 0 Å². The quantitative estimate of drug-likeness (QED) is 0.219. The van der Waals surface area contributed by atoms with Gasteiger partial charge in [-0.3, -0.25) is 19.6 Å². The van der Waals surface area contributed by atoms with Gasteiger partial charge in [-0.2, -0.15) is 0 Å². The topological polar surface area (TPSA) is 102 Å². The molecule has 0 aliphatic heterocycles. The first-order valence-corrected chi connectivity index (χ1v) is 10.6. The van der Waals surface area contributed by atoms with Crippen molar-refractivity contribution in [2.45, 2.75) is 70.6 Å². The number of rotatable bonds is 12. The van der Waals surface area contributed by atoms with Gasteiger partial charge < -0.3 is 11.1 Å². The Morgan fingerprint density at radius 3 is 2.68 bits per heavy atom. The van der Waals surface area contributed by atoms with Crippen LogP contribution in [0.4, 0.5) is 5.69 Å². The van der Waals surface area contributed by atoms with Crippen molar-refractivity contribution in [2.75, 3.05) is 18.5 Å². The van der Waals surface area contributed by atoms with Crippen molar-refractivity contribution in [1.82, 2.24) is 10.5 Å². The minimum atomic E-state index is -0.0209. The molecule has 1 saturated carbocycles. The molecule has 0 spiro atoms. The van der Waals surface area contributed by atoms with Gasteiger partial charge in [-0.05, 0) is 37.3 Å². The molecule has 1 heterocycles. The van der Waals surface area contributed by atoms with Gasteiger partial charge in [0.25, 0.3) is 0 Å². The fourth-order valence-corrected chi connectivity index (χ4v) is 3.46. The lowest BCUT2D eigenvalue weighted by atomic mass is 9.87. The molecule has 7 heteroatoms. The summed E-state index contributed by atoms with van der Waals surface area (Å²) in [5.74, 6) is 1.17. The number of hydrogen-bond acceptors (Lipinski definition) is 4. The molecule has 7 nitrogen and oxygen atoms in total. The Morgan fingerprint density at radius 2 is 1.89 bits per heavy atom. The SMILES string of the molecule is NC(=NCCCCCCC(=O)NOCCC1CCCCC1)Nc1ccncc1. The molecule has 0 aromatic carbocycles. The number of amides is 1. The second-order valence-corrected chi connectivity index (χ2v) is 7.46. The molecule has 156 valence electrons. The number of carbonyl (C=O) groups excluding carboxylic acids is 1. The van der Waals surface area contributed by atoms with Gasteiger partial charge in [0.05, 0.1) is 6.61 Å². The molecular formula is C21H35N5O2. The Labute approximate surface area is 168 Å². The first-order valence-electron chi connectivity index (χ1n) is 10.6. The van der Waals surface area contributed by atoms with Gasteiger partial charge in [-0.25, -0.2) is 5.48 Å². The van der Waals surface area contributed by atoms with Crippen LogP contribution in [-0.2, 0) is 9.63 Å². The van der Waals surface area contributed by atoms with Gasteiger partial charge in [0.15, 0.2) is 5.96 Å². The van der Waals surface area contributed by atoms with E-state index in [1.54, 1.807) is 12.4 Å². The molecule has 1 fully saturated rings. The third-order valence-electron chi connectivity index (χ3n) is 5.09. The number of anilines is 1. The van der Waals surface area contributed by atoms with E-state index in [0.717, 1.165) is 43.7 Å². The van der Waals surface area contributed by atoms with Crippen LogP contribution in [0.1, 0.15) is 70.6 Å². The van der Waals surface area contributed by atoms with Gasteiger partial charge in [0.2, 0.25) is 5.91 Å². The number of aromatic nitrogens is 1. The minimum absolute atomic E-state index is 0.0209. The minimum Gasteiger partial charge on any atom is -0.370 e. The van der Waals surface area contributed by atoms with Crippen LogP contribution in [0.5, 0.6) is 0 Å². The predicted octanol–water partition coefficient (Wildman–Crippen LogP) is 3.78. The van der Waals surface area contributed by atoms with Crippen molar-refractivity contribution >= 4 is 17.6 Å². The van der Waals surface area contributed by atoms with E-state index >= 15 is 0 Å². The first kappa shape index (κ1) is 22.1. The molecule has 1 aromatic heterocycles. The number of aliphatic imine (C=N–C) groups is 1. The zero-order valence-electron chi connectivity index (χ0n) is 16.9. The molecule has 2 rings (SSSR count). The summed E-state index contributed by atoms with van der Waals surface area (Å²) < 4.78 is 0. The molecule has 4 N–H and O–H groups in total. The Morgan fingerprint density at radius 1 is 1.14 bits per heavy atom. The zero-order chi connectivity index (χ0) is 19.9. The van der Waals surface area contributed by atoms with E-state index < -0.39 is 0 Å². The summed E-state index contributed by atoms with van der Waals surface area (Å²) in [6, 6.07) is 3.68. The van der Waals surface area contributed by atoms with E-state index in [-0.39, 0.29) is 5.91 Å². The van der Waals surface area contributed by atoms with Crippen molar-refractivity contribution < 1.29 is 9.63 Å². The van der Waals surface area contributed by atoms with Crippen LogP contribution in [0.15, 0.2) is 29.5 Å². The monoisotopic (exact) mass is 389 g/mol. The number of nitrogens with two attached hydrogens (primary N) is 1. The number of pyridine rings is 1. The number of nitrogens with zero attached hydrogens (tertiary/aromatic N) is 2. The maximum atomic E-state index is 11.8. The molecule has 1 aliphatic carbocycles. The summed E-state index contributed by atoms with van der Waals surface area (Å²) in [5, 5.41) is 3.02. The standard InChI is InChI=1S/C21H35N5O2/c22-21(25-19-11-15-23-16-12-19)24-14-7-2-1-6-10-20(27)26-28-17-13-18-8-4-3-5-9-18/h11-12,15-16,18H,1-10,13-14,17H2,(H,26,27)(H3,22,23,24,25). The maximum absolute atomic E-state index is 11.8. The highest BCUT2D eigenvalue weighted by Crippen LogP contribution is 2.25. The summed E-state index contributed by atoms with van der Waals surface area (Å²) in [7, 11) is 0. The summed E-state index contributed by atoms with van der Waals surface area (Å²) in [4.78, 5) is 25.3. The molecule has 1 amide bonds. The Hall–Kier alpha value is -2.15. The number of hydroxylamine groups is 1. The Balaban J connectivity index is 1.40. The third kappa shape index (κ3) is 10.3. The van der Waals surface area contributed by atoms with Crippen LogP contribution in [0.25, 0.3) is 0 Å². The summed E-state index contributed by atoms with van der Waals surface area (Å²) >= 11 is 0. The molecule has 1 aliphatic rings. The van der Waals surface area contributed by atoms with E-state index in [4.69, 9.17) is 10.6 Å². The number of hydrogen-bond donors (Lipinski definition) is 3. The largest absolute Gasteiger partial charge is 0.370 e. The highest BCUT2D eigenvalue weighted by Gasteiger charge is 2.13. The Kier molecular flexibility index (Phi) is 11.0. The van der Waals surface area contributed by atoms with Crippen molar-refractivity contribution in [3.63, 3.8) is 0 Å². The molecule has 0 bridgehead atoms. The number of carbonyl (C=O) groups is 1. The number of unbranched alkanes of at least 4 members (excludes halogenated alkanes) is 3. The summed E-state index contributed by atoms with van der Waals surface area (Å²) in [6.07, 6.45) is 15.5. The van der Waals surface area contributed by atoms with Crippen LogP contribution in [-0.4, -0.2) is 30.0 Å². The summed E-state index contributed by atoms with van der Waals surface area (Å²) in [5.41, 5.74) is 9.29. The van der Waals surface area contributed by atoms with Gasteiger partial charge >= 0.3 is 0 Å². The predicted molar refractivity (Wildman–Crippen MR) is 113 cm³/mol. The fourth-order valence-electron chi connectivity index (χ4n) is 3.46. The van der Waals surface area contributed by atoms with Crippen LogP contribution >= 0.6 is 0 Å². The zero-order valence-corrected chi connectivity index (χ0v) is 16.9. The number of guanidine groups is 1. The molecule has 0 saturated heterocycles. The molecule has 1 aromatic rings. The molecule has 28 heavy (non-hydrogen) atoms. The normalized spacial score (nSPS) is 15.4. The lowest BCUT2D eigenvalue weighted by Gasteiger charge is -2.21. The van der Waals surface area contributed by atoms with Crippen molar-refractivity contribution in [1.29, 1.82) is 0 Å². The van der Waals surface area contributed by atoms with Gasteiger partial charge in [0.1, 0.15) is 0 Å². The smallest absolute Gasteiger partial charge is 0.243 e. The fraction of sp³-hybridized carbons (Fsp3) is 0.667. The Bertz CT molecular complexity index is 573. The van der Waals surface area contributed by atoms with Crippen LogP contribution in [0.3, 0.4) is 0 Å². The third-order valence-corrected chi connectivity index (χ3v) is 5.09. The lowest BCUT2D eigenvalue weighted by Crippen LogP contribution is -2.24. The molecular weight excluding hydrogens is 354 g/mol. The van der Waals surface area contributed by atoms with E-state index in [0.29, 0.717) is 25.5 Å². The average molecular weight is 390 g/mol. The molecule has 0 unspecified atom stereocenters. The van der Waals surface area contributed by atoms with E-state index in [9.17, 15) is 4.79 Å². The highest BCUT2D eigenvalue weighted by molar-refractivity contribution is 5.92. The van der Waals surface area contributed by atoms with Crippen molar-refractivity contribution in [3.05, 3.63) is 24.5 Å². The highest BCUT2D eigenvalue weighted by atomic mass is 16.6. The average Bonchev–Trinajstić information content (AvgIpc) is 2.72. The maximum Gasteiger partial charge on any atom is 0.243 e. The van der Waals surface area contributed by atoms with Gasteiger partial charge in [-0.15, -0.1) is 0 Å². The lowest BCUT2D eigenvalue weighted by molar-refractivity contribution is -0.134. The van der Waals surface area contributed by atoms with Crippen LogP contribution in [0.2, 0.25) is 0 Å².